The predicted molar refractivity (Wildman–Crippen MR) is 78.4 cm³/mol. The van der Waals surface area contributed by atoms with E-state index in [0.29, 0.717) is 26.1 Å². The maximum Gasteiger partial charge on any atom is 0.0716 e. The SMILES string of the molecule is O[C@@H]1C[C@@H](O)CN(CCCCOCc2ccccc2)C1. The molecule has 1 aliphatic heterocycles. The maximum atomic E-state index is 9.59. The number of benzene rings is 1. The number of aliphatic hydroxyl groups is 2. The average Bonchev–Trinajstić information content (AvgIpc) is 2.43. The first-order chi connectivity index (χ1) is 9.74. The molecule has 0 amide bonds. The van der Waals surface area contributed by atoms with Crippen molar-refractivity contribution in [1.29, 1.82) is 0 Å². The van der Waals surface area contributed by atoms with Crippen LogP contribution in [0.25, 0.3) is 0 Å². The molecule has 4 heteroatoms. The molecule has 20 heavy (non-hydrogen) atoms. The van der Waals surface area contributed by atoms with Gasteiger partial charge in [0.1, 0.15) is 0 Å². The first-order valence-electron chi connectivity index (χ1n) is 7.44. The number of hydrogen-bond acceptors (Lipinski definition) is 4. The lowest BCUT2D eigenvalue weighted by molar-refractivity contribution is -0.00909. The van der Waals surface area contributed by atoms with Crippen LogP contribution < -0.4 is 0 Å². The summed E-state index contributed by atoms with van der Waals surface area (Å²) in [7, 11) is 0. The topological polar surface area (TPSA) is 52.9 Å². The molecule has 1 aliphatic rings. The number of piperidine rings is 1. The summed E-state index contributed by atoms with van der Waals surface area (Å²) in [6.45, 7) is 3.71. The molecule has 112 valence electrons. The summed E-state index contributed by atoms with van der Waals surface area (Å²) >= 11 is 0. The van der Waals surface area contributed by atoms with Crippen molar-refractivity contribution in [3.05, 3.63) is 35.9 Å². The monoisotopic (exact) mass is 279 g/mol. The van der Waals surface area contributed by atoms with Crippen molar-refractivity contribution in [3.8, 4) is 0 Å². The Hall–Kier alpha value is -0.940. The van der Waals surface area contributed by atoms with Crippen molar-refractivity contribution < 1.29 is 14.9 Å². The zero-order valence-corrected chi connectivity index (χ0v) is 11.9. The third kappa shape index (κ3) is 5.59. The molecule has 0 bridgehead atoms. The van der Waals surface area contributed by atoms with Gasteiger partial charge in [0.25, 0.3) is 0 Å². The smallest absolute Gasteiger partial charge is 0.0716 e. The van der Waals surface area contributed by atoms with Gasteiger partial charge in [-0.1, -0.05) is 30.3 Å². The van der Waals surface area contributed by atoms with E-state index in [1.165, 1.54) is 5.56 Å². The van der Waals surface area contributed by atoms with Crippen LogP contribution in [-0.2, 0) is 11.3 Å². The highest BCUT2D eigenvalue weighted by Crippen LogP contribution is 2.11. The molecule has 2 rings (SSSR count). The van der Waals surface area contributed by atoms with Crippen LogP contribution in [0.15, 0.2) is 30.3 Å². The zero-order valence-electron chi connectivity index (χ0n) is 11.9. The molecule has 1 heterocycles. The highest BCUT2D eigenvalue weighted by atomic mass is 16.5. The van der Waals surface area contributed by atoms with E-state index in [1.807, 2.05) is 18.2 Å². The fraction of sp³-hybridized carbons (Fsp3) is 0.625. The second-order valence-electron chi connectivity index (χ2n) is 5.55. The number of ether oxygens (including phenoxy) is 1. The van der Waals surface area contributed by atoms with Crippen LogP contribution in [-0.4, -0.2) is 53.6 Å². The van der Waals surface area contributed by atoms with Gasteiger partial charge in [0, 0.05) is 26.1 Å². The molecular formula is C16H25NO3. The molecule has 2 N–H and O–H groups in total. The predicted octanol–water partition coefficient (Wildman–Crippen LogP) is 1.41. The van der Waals surface area contributed by atoms with Crippen molar-refractivity contribution in [2.24, 2.45) is 0 Å². The van der Waals surface area contributed by atoms with Crippen LogP contribution >= 0.6 is 0 Å². The molecule has 0 aliphatic carbocycles. The van der Waals surface area contributed by atoms with Crippen LogP contribution in [0.5, 0.6) is 0 Å². The Bertz CT molecular complexity index is 361. The van der Waals surface area contributed by atoms with Crippen molar-refractivity contribution in [3.63, 3.8) is 0 Å². The van der Waals surface area contributed by atoms with Crippen LogP contribution in [0.1, 0.15) is 24.8 Å². The van der Waals surface area contributed by atoms with Crippen molar-refractivity contribution >= 4 is 0 Å². The molecule has 0 saturated carbocycles. The van der Waals surface area contributed by atoms with Gasteiger partial charge in [-0.2, -0.15) is 0 Å². The van der Waals surface area contributed by atoms with Crippen LogP contribution in [0.3, 0.4) is 0 Å². The Morgan fingerprint density at radius 2 is 1.75 bits per heavy atom. The highest BCUT2D eigenvalue weighted by Gasteiger charge is 2.23. The van der Waals surface area contributed by atoms with Gasteiger partial charge in [-0.3, -0.25) is 4.90 Å². The van der Waals surface area contributed by atoms with E-state index in [9.17, 15) is 10.2 Å². The minimum Gasteiger partial charge on any atom is -0.392 e. The van der Waals surface area contributed by atoms with Gasteiger partial charge in [0.15, 0.2) is 0 Å². The number of likely N-dealkylation sites (tertiary alicyclic amines) is 1. The standard InChI is InChI=1S/C16H25NO3/c18-15-10-16(19)12-17(11-15)8-4-5-9-20-13-14-6-2-1-3-7-14/h1-3,6-7,15-16,18-19H,4-5,8-13H2/t15-,16-/m1/s1. The normalized spacial score (nSPS) is 23.9. The number of β-amino-alcohol motifs (C(OH)–C–C–N with tert-alkyl or cyclic N) is 2. The number of rotatable bonds is 7. The molecule has 0 radical (unpaired) electrons. The second kappa shape index (κ2) is 8.37. The quantitative estimate of drug-likeness (QED) is 0.741. The van der Waals surface area contributed by atoms with Gasteiger partial charge in [-0.05, 0) is 24.9 Å². The molecular weight excluding hydrogens is 254 g/mol. The van der Waals surface area contributed by atoms with Gasteiger partial charge in [-0.25, -0.2) is 0 Å². The number of aliphatic hydroxyl groups excluding tert-OH is 2. The molecule has 1 aromatic rings. The summed E-state index contributed by atoms with van der Waals surface area (Å²) < 4.78 is 5.63. The average molecular weight is 279 g/mol. The minimum absolute atomic E-state index is 0.381. The molecule has 1 saturated heterocycles. The fourth-order valence-corrected chi connectivity index (χ4v) is 2.62. The van der Waals surface area contributed by atoms with Gasteiger partial charge in [0.2, 0.25) is 0 Å². The Morgan fingerprint density at radius 1 is 1.05 bits per heavy atom. The number of unbranched alkanes of at least 4 members (excludes halogenated alkanes) is 1. The van der Waals surface area contributed by atoms with Crippen LogP contribution in [0, 0.1) is 0 Å². The molecule has 0 spiro atoms. The van der Waals surface area contributed by atoms with Gasteiger partial charge >= 0.3 is 0 Å². The van der Waals surface area contributed by atoms with E-state index in [4.69, 9.17) is 4.74 Å². The summed E-state index contributed by atoms with van der Waals surface area (Å²) in [5.41, 5.74) is 1.20. The molecule has 2 atom stereocenters. The summed E-state index contributed by atoms with van der Waals surface area (Å²) in [6, 6.07) is 10.2. The third-order valence-electron chi connectivity index (χ3n) is 3.61. The van der Waals surface area contributed by atoms with Crippen molar-refractivity contribution in [1.82, 2.24) is 4.90 Å². The molecule has 0 aromatic heterocycles. The molecule has 0 unspecified atom stereocenters. The van der Waals surface area contributed by atoms with Crippen LogP contribution in [0.2, 0.25) is 0 Å². The summed E-state index contributed by atoms with van der Waals surface area (Å²) in [4.78, 5) is 2.13. The summed E-state index contributed by atoms with van der Waals surface area (Å²) in [5.74, 6) is 0. The Morgan fingerprint density at radius 3 is 2.45 bits per heavy atom. The van der Waals surface area contributed by atoms with Gasteiger partial charge in [-0.15, -0.1) is 0 Å². The largest absolute Gasteiger partial charge is 0.392 e. The number of nitrogens with zero attached hydrogens (tertiary/aromatic N) is 1. The third-order valence-corrected chi connectivity index (χ3v) is 3.61. The Kier molecular flexibility index (Phi) is 6.47. The summed E-state index contributed by atoms with van der Waals surface area (Å²) in [5, 5.41) is 19.2. The first kappa shape index (κ1) is 15.4. The zero-order chi connectivity index (χ0) is 14.2. The van der Waals surface area contributed by atoms with Crippen LogP contribution in [0.4, 0.5) is 0 Å². The fourth-order valence-electron chi connectivity index (χ4n) is 2.62. The Labute approximate surface area is 121 Å². The van der Waals surface area contributed by atoms with E-state index in [0.717, 1.165) is 26.0 Å². The van der Waals surface area contributed by atoms with Gasteiger partial charge in [0.05, 0.1) is 18.8 Å². The molecule has 4 nitrogen and oxygen atoms in total. The highest BCUT2D eigenvalue weighted by molar-refractivity contribution is 5.13. The van der Waals surface area contributed by atoms with E-state index >= 15 is 0 Å². The first-order valence-corrected chi connectivity index (χ1v) is 7.44. The molecule has 1 aromatic carbocycles. The van der Waals surface area contributed by atoms with Crippen molar-refractivity contribution in [2.45, 2.75) is 38.1 Å². The lowest BCUT2D eigenvalue weighted by atomic mass is 10.1. The second-order valence-corrected chi connectivity index (χ2v) is 5.55. The summed E-state index contributed by atoms with van der Waals surface area (Å²) in [6.07, 6.45) is 1.79. The van der Waals surface area contributed by atoms with Crippen molar-refractivity contribution in [2.75, 3.05) is 26.2 Å². The van der Waals surface area contributed by atoms with E-state index in [-0.39, 0.29) is 12.2 Å². The molecule has 1 fully saturated rings. The number of hydrogen-bond donors (Lipinski definition) is 2. The lowest BCUT2D eigenvalue weighted by Gasteiger charge is -2.33. The lowest BCUT2D eigenvalue weighted by Crippen LogP contribution is -2.45. The van der Waals surface area contributed by atoms with Gasteiger partial charge < -0.3 is 14.9 Å². The minimum atomic E-state index is -0.381. The van der Waals surface area contributed by atoms with E-state index in [2.05, 4.69) is 17.0 Å². The van der Waals surface area contributed by atoms with E-state index in [1.54, 1.807) is 0 Å². The maximum absolute atomic E-state index is 9.59. The van der Waals surface area contributed by atoms with E-state index < -0.39 is 0 Å². The Balaban J connectivity index is 1.51.